The molecular formula is C34H46N2O5S2. The summed E-state index contributed by atoms with van der Waals surface area (Å²) in [5, 5.41) is 13.1. The Kier molecular flexibility index (Phi) is 10.1. The molecule has 234 valence electrons. The maximum Gasteiger partial charge on any atom is 0.326 e. The monoisotopic (exact) mass is 626 g/mol. The first-order valence-electron chi connectivity index (χ1n) is 14.5. The van der Waals surface area contributed by atoms with Crippen LogP contribution in [0.5, 0.6) is 0 Å². The Balaban J connectivity index is 1.95. The molecule has 1 aromatic heterocycles. The van der Waals surface area contributed by atoms with E-state index in [9.17, 15) is 19.5 Å². The van der Waals surface area contributed by atoms with E-state index in [-0.39, 0.29) is 23.2 Å². The molecule has 1 heterocycles. The topological polar surface area (TPSA) is 106 Å². The quantitative estimate of drug-likeness (QED) is 0.204. The second-order valence-electron chi connectivity index (χ2n) is 15.2. The Morgan fingerprint density at radius 1 is 0.860 bits per heavy atom. The lowest BCUT2D eigenvalue weighted by atomic mass is 9.46. The molecule has 3 aromatic rings. The number of carbonyl (C=O) groups excluding carboxylic acids is 2. The summed E-state index contributed by atoms with van der Waals surface area (Å²) < 4.78 is 7.24. The smallest absolute Gasteiger partial charge is 0.326 e. The highest BCUT2D eigenvalue weighted by Crippen LogP contribution is 2.62. The van der Waals surface area contributed by atoms with E-state index in [2.05, 4.69) is 51.8 Å². The number of hydrogen-bond donors (Lipinski definition) is 2. The van der Waals surface area contributed by atoms with E-state index in [1.807, 2.05) is 58.0 Å². The van der Waals surface area contributed by atoms with E-state index < -0.39 is 28.2 Å². The molecule has 0 bridgehead atoms. The number of carbonyl (C=O) groups is 3. The largest absolute Gasteiger partial charge is 0.481 e. The van der Waals surface area contributed by atoms with Gasteiger partial charge >= 0.3 is 11.9 Å². The van der Waals surface area contributed by atoms with Gasteiger partial charge in [-0.25, -0.2) is 4.98 Å². The van der Waals surface area contributed by atoms with Gasteiger partial charge in [0.15, 0.2) is 4.34 Å². The van der Waals surface area contributed by atoms with Crippen molar-refractivity contribution in [1.82, 2.24) is 4.98 Å². The zero-order chi connectivity index (χ0) is 32.4. The number of amides is 1. The van der Waals surface area contributed by atoms with Crippen molar-refractivity contribution in [3.05, 3.63) is 54.1 Å². The lowest BCUT2D eigenvalue weighted by Gasteiger charge is -2.56. The molecule has 2 N–H and O–H groups in total. The van der Waals surface area contributed by atoms with Gasteiger partial charge in [0.1, 0.15) is 12.0 Å². The lowest BCUT2D eigenvalue weighted by Crippen LogP contribution is -2.57. The minimum Gasteiger partial charge on any atom is -0.481 e. The van der Waals surface area contributed by atoms with Gasteiger partial charge in [-0.1, -0.05) is 87.4 Å². The number of carboxylic acid groups (broad SMARTS) is 1. The zero-order valence-corrected chi connectivity index (χ0v) is 28.7. The van der Waals surface area contributed by atoms with E-state index >= 15 is 0 Å². The summed E-state index contributed by atoms with van der Waals surface area (Å²) in [6.07, 6.45) is 0.892. The molecule has 9 heteroatoms. The van der Waals surface area contributed by atoms with Crippen molar-refractivity contribution in [2.75, 3.05) is 5.32 Å². The number of carboxylic acids is 1. The van der Waals surface area contributed by atoms with Crippen LogP contribution in [0.2, 0.25) is 0 Å². The normalized spacial score (nSPS) is 13.2. The molecule has 0 atom stereocenters. The van der Waals surface area contributed by atoms with Gasteiger partial charge in [-0.05, 0) is 64.8 Å². The second kappa shape index (κ2) is 12.6. The SMILES string of the molecule is CC(C)(C)CC(C)(C)C(CC(=O)O)(C(=O)OSc1nc2ccc(C(=O)Nc3ccccc3)cc2s1)C(C)(C)CC(C)(C)C. The molecule has 0 saturated heterocycles. The van der Waals surface area contributed by atoms with Crippen LogP contribution in [0, 0.1) is 27.1 Å². The van der Waals surface area contributed by atoms with Crippen molar-refractivity contribution >= 4 is 57.1 Å². The minimum atomic E-state index is -1.33. The number of aliphatic carboxylic acids is 1. The molecule has 0 radical (unpaired) electrons. The van der Waals surface area contributed by atoms with Crippen LogP contribution < -0.4 is 5.32 Å². The minimum absolute atomic E-state index is 0.157. The van der Waals surface area contributed by atoms with E-state index in [0.717, 1.165) is 16.7 Å². The van der Waals surface area contributed by atoms with E-state index in [1.165, 1.54) is 11.3 Å². The Morgan fingerprint density at radius 3 is 1.93 bits per heavy atom. The van der Waals surface area contributed by atoms with Crippen molar-refractivity contribution in [3.8, 4) is 0 Å². The van der Waals surface area contributed by atoms with Crippen molar-refractivity contribution in [1.29, 1.82) is 0 Å². The van der Waals surface area contributed by atoms with Crippen molar-refractivity contribution < 1.29 is 23.7 Å². The summed E-state index contributed by atoms with van der Waals surface area (Å²) in [7, 11) is 0. The molecule has 0 fully saturated rings. The first kappa shape index (κ1) is 34.6. The van der Waals surface area contributed by atoms with Crippen LogP contribution in [0.25, 0.3) is 10.2 Å². The van der Waals surface area contributed by atoms with Crippen LogP contribution in [0.3, 0.4) is 0 Å². The Morgan fingerprint density at radius 2 is 1.42 bits per heavy atom. The number of thiazole rings is 1. The Bertz CT molecular complexity index is 1440. The van der Waals surface area contributed by atoms with E-state index in [0.29, 0.717) is 33.9 Å². The highest BCUT2D eigenvalue weighted by atomic mass is 32.2. The number of para-hydroxylation sites is 1. The predicted molar refractivity (Wildman–Crippen MR) is 176 cm³/mol. The van der Waals surface area contributed by atoms with Gasteiger partial charge in [0, 0.05) is 11.3 Å². The number of fused-ring (bicyclic) bond motifs is 1. The average molecular weight is 627 g/mol. The number of nitrogens with one attached hydrogen (secondary N) is 1. The second-order valence-corrected chi connectivity index (χ2v) is 17.2. The Hall–Kier alpha value is -2.91. The van der Waals surface area contributed by atoms with Gasteiger partial charge in [-0.15, -0.1) is 11.3 Å². The van der Waals surface area contributed by atoms with Gasteiger partial charge in [-0.3, -0.25) is 14.4 Å². The molecule has 0 saturated carbocycles. The maximum absolute atomic E-state index is 14.4. The van der Waals surface area contributed by atoms with Crippen LogP contribution >= 0.6 is 23.4 Å². The van der Waals surface area contributed by atoms with Gasteiger partial charge in [-0.2, -0.15) is 0 Å². The molecule has 3 rings (SSSR count). The molecule has 1 amide bonds. The fourth-order valence-electron chi connectivity index (χ4n) is 7.15. The molecule has 2 aromatic carbocycles. The summed E-state index contributed by atoms with van der Waals surface area (Å²) in [6, 6.07) is 14.5. The van der Waals surface area contributed by atoms with Crippen LogP contribution in [0.1, 0.15) is 98.9 Å². The third kappa shape index (κ3) is 8.38. The summed E-state index contributed by atoms with van der Waals surface area (Å²) in [4.78, 5) is 44.3. The summed E-state index contributed by atoms with van der Waals surface area (Å²) in [5.74, 6) is -1.82. The summed E-state index contributed by atoms with van der Waals surface area (Å²) in [5.41, 5.74) is -1.21. The van der Waals surface area contributed by atoms with Crippen LogP contribution in [-0.4, -0.2) is 27.9 Å². The number of rotatable bonds is 11. The number of aromatic nitrogens is 1. The molecule has 0 aliphatic carbocycles. The average Bonchev–Trinajstić information content (AvgIpc) is 3.25. The van der Waals surface area contributed by atoms with Crippen molar-refractivity contribution in [2.45, 2.75) is 92.8 Å². The molecule has 43 heavy (non-hydrogen) atoms. The standard InChI is InChI=1S/C34H46N2O5S2/c1-30(2,3)20-32(7,8)34(19-26(37)38,33(9,10)21-31(4,5)6)28(40)41-43-29-36-24-17-16-22(18-25(24)42-29)27(39)35-23-14-12-11-13-15-23/h11-18H,19-21H2,1-10H3,(H,35,39)(H,37,38). The predicted octanol–water partition coefficient (Wildman–Crippen LogP) is 9.48. The van der Waals surface area contributed by atoms with Crippen molar-refractivity contribution in [2.24, 2.45) is 27.1 Å². The summed E-state index contributed by atoms with van der Waals surface area (Å²) >= 11 is 2.17. The number of nitrogens with zero attached hydrogens (tertiary/aromatic N) is 1. The molecule has 0 aliphatic heterocycles. The molecule has 0 unspecified atom stereocenters. The van der Waals surface area contributed by atoms with Crippen molar-refractivity contribution in [3.63, 3.8) is 0 Å². The maximum atomic E-state index is 14.4. The van der Waals surface area contributed by atoms with Gasteiger partial charge < -0.3 is 14.6 Å². The third-order valence-corrected chi connectivity index (χ3v) is 9.61. The van der Waals surface area contributed by atoms with E-state index in [1.54, 1.807) is 18.2 Å². The highest BCUT2D eigenvalue weighted by Gasteiger charge is 2.63. The molecule has 0 spiro atoms. The fourth-order valence-corrected chi connectivity index (χ4v) is 8.82. The summed E-state index contributed by atoms with van der Waals surface area (Å²) in [6.45, 7) is 20.6. The molecular weight excluding hydrogens is 581 g/mol. The van der Waals surface area contributed by atoms with Crippen LogP contribution in [0.15, 0.2) is 52.9 Å². The fraction of sp³-hybridized carbons (Fsp3) is 0.529. The lowest BCUT2D eigenvalue weighted by molar-refractivity contribution is -0.180. The van der Waals surface area contributed by atoms with Gasteiger partial charge in [0.05, 0.1) is 22.1 Å². The van der Waals surface area contributed by atoms with Crippen LogP contribution in [0.4, 0.5) is 5.69 Å². The van der Waals surface area contributed by atoms with Gasteiger partial charge in [0.25, 0.3) is 5.91 Å². The first-order chi connectivity index (χ1) is 19.7. The molecule has 0 aliphatic rings. The molecule has 7 nitrogen and oxygen atoms in total. The van der Waals surface area contributed by atoms with E-state index in [4.69, 9.17) is 4.18 Å². The van der Waals surface area contributed by atoms with Crippen LogP contribution in [-0.2, 0) is 13.8 Å². The number of hydrogen-bond acceptors (Lipinski definition) is 7. The first-order valence-corrected chi connectivity index (χ1v) is 16.1. The number of anilines is 1. The number of benzene rings is 2. The van der Waals surface area contributed by atoms with Gasteiger partial charge in [0.2, 0.25) is 0 Å². The zero-order valence-electron chi connectivity index (χ0n) is 27.1. The highest BCUT2D eigenvalue weighted by molar-refractivity contribution is 7.97. The Labute approximate surface area is 264 Å². The third-order valence-electron chi connectivity index (χ3n) is 7.87.